The number of hydrogen-bond acceptors (Lipinski definition) is 16. The fourth-order valence-electron chi connectivity index (χ4n) is 16.4. The number of likely N-dealkylation sites (tertiary alicyclic amines) is 4. The zero-order valence-electron chi connectivity index (χ0n) is 58.4. The van der Waals surface area contributed by atoms with Crippen LogP contribution in [0.5, 0.6) is 0 Å². The fraction of sp³-hybridized carbons (Fsp3) is 0.500. The molecule has 4 aliphatic carbocycles. The molecule has 24 nitrogen and oxygen atoms in total. The molecule has 8 N–H and O–H groups in total. The van der Waals surface area contributed by atoms with Gasteiger partial charge in [0.2, 0.25) is 23.6 Å². The number of carbonyl (C=O) groups excluding carboxylic acids is 4. The van der Waals surface area contributed by atoms with Crippen LogP contribution < -0.4 is 21.3 Å². The van der Waals surface area contributed by atoms with Gasteiger partial charge >= 0.3 is 0 Å². The highest BCUT2D eigenvalue weighted by Gasteiger charge is 2.53. The van der Waals surface area contributed by atoms with Crippen molar-refractivity contribution in [2.24, 2.45) is 0 Å². The van der Waals surface area contributed by atoms with Crippen LogP contribution >= 0.6 is 0 Å². The SMILES string of the molecule is C=CC(=O)N1CCC[C@@H](Nc2ncnc3[nH]cc(C4=CCCC4)c23)C1.C=CC(=O)N1CCC[C@@H](Nc2ncnc3[nH]cc(C4CC4(C)F)c23)C1.C=CC(=O)N1CCC[C@@H](Nc2ncnc3[nH]cc(C4CCCC4)c23)C1.C=CC(=O)N1C[C@H](Nc2ncnc3[nH]cc(C4CCCC4)c23)CC[C@@H]1C. The number of piperidine rings is 4. The average molecular weight is 1370 g/mol. The summed E-state index contributed by atoms with van der Waals surface area (Å²) in [7, 11) is 0. The van der Waals surface area contributed by atoms with Crippen LogP contribution in [0.25, 0.3) is 49.7 Å². The monoisotopic (exact) mass is 1370 g/mol. The summed E-state index contributed by atoms with van der Waals surface area (Å²) in [5.74, 6) is 4.40. The first-order chi connectivity index (χ1) is 49.2. The highest BCUT2D eigenvalue weighted by Crippen LogP contribution is 2.56. The third-order valence-electron chi connectivity index (χ3n) is 21.9. The smallest absolute Gasteiger partial charge is 0.246 e. The molecule has 2 unspecified atom stereocenters. The van der Waals surface area contributed by atoms with E-state index >= 15 is 0 Å². The van der Waals surface area contributed by atoms with Crippen molar-refractivity contribution in [3.63, 3.8) is 0 Å². The van der Waals surface area contributed by atoms with Crippen molar-refractivity contribution in [3.05, 3.63) is 129 Å². The Labute approximate surface area is 588 Å². The van der Waals surface area contributed by atoms with E-state index in [-0.39, 0.29) is 59.8 Å². The van der Waals surface area contributed by atoms with Crippen molar-refractivity contribution in [2.45, 2.75) is 196 Å². The maximum atomic E-state index is 14.2. The van der Waals surface area contributed by atoms with E-state index in [1.54, 1.807) is 30.8 Å². The van der Waals surface area contributed by atoms with Crippen LogP contribution in [0, 0.1) is 0 Å². The van der Waals surface area contributed by atoms with Gasteiger partial charge in [-0.1, -0.05) is 58.1 Å². The van der Waals surface area contributed by atoms with Crippen LogP contribution in [0.4, 0.5) is 27.7 Å². The molecule has 25 heteroatoms. The molecule has 4 aliphatic heterocycles. The first-order valence-corrected chi connectivity index (χ1v) is 36.6. The molecular formula is C76H97FN20O4. The number of carbonyl (C=O) groups is 4. The van der Waals surface area contributed by atoms with Gasteiger partial charge in [0.05, 0.1) is 21.5 Å². The highest BCUT2D eigenvalue weighted by molar-refractivity contribution is 5.99. The minimum Gasteiger partial charge on any atom is -0.365 e. The van der Waals surface area contributed by atoms with Crippen molar-refractivity contribution in [1.29, 1.82) is 0 Å². The second kappa shape index (κ2) is 31.4. The van der Waals surface area contributed by atoms with E-state index < -0.39 is 5.67 Å². The number of aromatic amines is 4. The molecule has 0 aromatic carbocycles. The molecule has 8 aliphatic rings. The average Bonchev–Trinajstić information content (AvgIpc) is 1.59. The number of anilines is 4. The number of H-pyrrole nitrogens is 4. The van der Waals surface area contributed by atoms with Gasteiger partial charge in [0.25, 0.3) is 0 Å². The van der Waals surface area contributed by atoms with Crippen molar-refractivity contribution >= 4 is 96.6 Å². The van der Waals surface area contributed by atoms with E-state index in [4.69, 9.17) is 0 Å². The molecule has 3 saturated carbocycles. The Balaban J connectivity index is 0.000000120. The molecule has 8 aromatic heterocycles. The molecule has 532 valence electrons. The quantitative estimate of drug-likeness (QED) is 0.0417. The van der Waals surface area contributed by atoms with Gasteiger partial charge < -0.3 is 60.8 Å². The lowest BCUT2D eigenvalue weighted by atomic mass is 9.97. The summed E-state index contributed by atoms with van der Waals surface area (Å²) in [6.07, 6.45) is 44.3. The van der Waals surface area contributed by atoms with E-state index in [1.807, 2.05) is 27.1 Å². The molecule has 4 amide bonds. The van der Waals surface area contributed by atoms with Crippen LogP contribution in [-0.4, -0.2) is 185 Å². The topological polar surface area (TPSA) is 296 Å². The van der Waals surface area contributed by atoms with E-state index in [0.717, 1.165) is 145 Å². The number of nitrogens with one attached hydrogen (secondary N) is 8. The lowest BCUT2D eigenvalue weighted by Gasteiger charge is -2.38. The molecule has 0 spiro atoms. The Morgan fingerprint density at radius 3 is 1.25 bits per heavy atom. The zero-order chi connectivity index (χ0) is 70.2. The minimum absolute atomic E-state index is 0.00206. The van der Waals surface area contributed by atoms with E-state index in [0.29, 0.717) is 55.9 Å². The normalized spacial score (nSPS) is 23.8. The Hall–Kier alpha value is -9.81. The number of aromatic nitrogens is 12. The lowest BCUT2D eigenvalue weighted by Crippen LogP contribution is -2.49. The number of hydrogen-bond donors (Lipinski definition) is 8. The molecule has 4 saturated heterocycles. The fourth-order valence-corrected chi connectivity index (χ4v) is 16.4. The number of amides is 4. The van der Waals surface area contributed by atoms with Gasteiger partial charge in [-0.25, -0.2) is 44.3 Å². The predicted molar refractivity (Wildman–Crippen MR) is 395 cm³/mol. The maximum Gasteiger partial charge on any atom is 0.246 e. The minimum atomic E-state index is -1.15. The van der Waals surface area contributed by atoms with Gasteiger partial charge in [0, 0.05) is 112 Å². The van der Waals surface area contributed by atoms with Crippen LogP contribution in [0.3, 0.4) is 0 Å². The molecule has 101 heavy (non-hydrogen) atoms. The van der Waals surface area contributed by atoms with Gasteiger partial charge in [0.1, 0.15) is 76.8 Å². The maximum absolute atomic E-state index is 14.2. The Morgan fingerprint density at radius 1 is 0.475 bits per heavy atom. The largest absolute Gasteiger partial charge is 0.365 e. The number of alkyl halides is 1. The summed E-state index contributed by atoms with van der Waals surface area (Å²) >= 11 is 0. The van der Waals surface area contributed by atoms with E-state index in [9.17, 15) is 23.6 Å². The van der Waals surface area contributed by atoms with E-state index in [2.05, 4.69) is 133 Å². The van der Waals surface area contributed by atoms with Gasteiger partial charge in [-0.2, -0.15) is 0 Å². The third kappa shape index (κ3) is 15.7. The Morgan fingerprint density at radius 2 is 0.851 bits per heavy atom. The number of allylic oxidation sites excluding steroid dienone is 2. The summed E-state index contributed by atoms with van der Waals surface area (Å²) in [6.45, 7) is 23.1. The third-order valence-corrected chi connectivity index (χ3v) is 21.9. The number of halogens is 1. The molecule has 16 rings (SSSR count). The van der Waals surface area contributed by atoms with Crippen LogP contribution in [-0.2, 0) is 19.2 Å². The summed E-state index contributed by atoms with van der Waals surface area (Å²) in [5.41, 5.74) is 8.39. The molecular weight excluding hydrogens is 1280 g/mol. The summed E-state index contributed by atoms with van der Waals surface area (Å²) in [5, 5.41) is 18.4. The number of nitrogens with zero attached hydrogens (tertiary/aromatic N) is 12. The summed E-state index contributed by atoms with van der Waals surface area (Å²) in [6, 6.07) is 0.956. The second-order valence-corrected chi connectivity index (χ2v) is 28.7. The van der Waals surface area contributed by atoms with Crippen molar-refractivity contribution in [1.82, 2.24) is 79.4 Å². The van der Waals surface area contributed by atoms with Gasteiger partial charge in [-0.15, -0.1) is 0 Å². The molecule has 8 aromatic rings. The van der Waals surface area contributed by atoms with Crippen molar-refractivity contribution < 1.29 is 23.6 Å². The number of fused-ring (bicyclic) bond motifs is 4. The molecule has 0 bridgehead atoms. The van der Waals surface area contributed by atoms with Gasteiger partial charge in [-0.05, 0) is 175 Å². The summed E-state index contributed by atoms with van der Waals surface area (Å²) in [4.78, 5) is 104. The molecule has 7 atom stereocenters. The van der Waals surface area contributed by atoms with Crippen molar-refractivity contribution in [3.8, 4) is 0 Å². The second-order valence-electron chi connectivity index (χ2n) is 28.7. The molecule has 12 heterocycles. The summed E-state index contributed by atoms with van der Waals surface area (Å²) < 4.78 is 14.2. The predicted octanol–water partition coefficient (Wildman–Crippen LogP) is 12.7. The van der Waals surface area contributed by atoms with Gasteiger partial charge in [0.15, 0.2) is 0 Å². The Bertz CT molecular complexity index is 4230. The van der Waals surface area contributed by atoms with Gasteiger partial charge in [-0.3, -0.25) is 19.2 Å². The first kappa shape index (κ1) is 69.7. The number of rotatable bonds is 16. The molecule has 7 fully saturated rings. The van der Waals surface area contributed by atoms with Crippen LogP contribution in [0.15, 0.2) is 107 Å². The Kier molecular flexibility index (Phi) is 21.6. The van der Waals surface area contributed by atoms with E-state index in [1.165, 1.54) is 111 Å². The lowest BCUT2D eigenvalue weighted by molar-refractivity contribution is -0.129. The highest BCUT2D eigenvalue weighted by atomic mass is 19.1. The zero-order valence-corrected chi connectivity index (χ0v) is 58.4. The van der Waals surface area contributed by atoms with Crippen LogP contribution in [0.2, 0.25) is 0 Å². The standard InChI is InChI=1S/C20H27N5O.C19H25N5O.C19H23N5O.C18H22FN5O/c1-3-17(26)25-11-15(9-8-13(25)2)24-20-18-16(14-6-4-5-7-14)10-21-19(18)22-12-23-20;2*1-2-16(25)24-9-5-8-14(11-24)23-19-17-15(13-6-3-4-7-13)10-20-18(17)21-12-22-19;1-3-14(25)24-6-4-5-11(9-24)23-17-15-12(13-7-18(13,2)19)8-20-16(15)21-10-22-17/h3,10,12-15H,1,4-9,11H2,2H3,(H2,21,22,23,24);2,10,12-14H,1,3-9,11H2,(H2,20,21,22,23);2,6,10,12,14H,1,3-5,7-9,11H2,(H2,20,21,22,23);3,8,10-11,13H,1,4-7,9H2,2H3,(H2,20,21,22,23)/t13-,15+;2*14-;11-,13?,18?/m0111/s1. The molecule has 0 radical (unpaired) electrons. The van der Waals surface area contributed by atoms with Crippen LogP contribution in [0.1, 0.15) is 182 Å². The van der Waals surface area contributed by atoms with Crippen molar-refractivity contribution in [2.75, 3.05) is 67.1 Å². The first-order valence-electron chi connectivity index (χ1n) is 36.6.